The number of ether oxygens (including phenoxy) is 1. The molecule has 4 heteroatoms. The number of rotatable bonds is 4. The highest BCUT2D eigenvalue weighted by atomic mass is 79.9. The molecule has 0 amide bonds. The van der Waals surface area contributed by atoms with Crippen molar-refractivity contribution in [2.45, 2.75) is 32.2 Å². The number of benzene rings is 1. The minimum absolute atomic E-state index is 0.372. The van der Waals surface area contributed by atoms with Gasteiger partial charge in [0.05, 0.1) is 18.3 Å². The minimum atomic E-state index is -0.651. The molecule has 0 radical (unpaired) electrons. The van der Waals surface area contributed by atoms with E-state index in [1.165, 1.54) is 0 Å². The lowest BCUT2D eigenvalue weighted by molar-refractivity contribution is -0.0426. The highest BCUT2D eigenvalue weighted by Crippen LogP contribution is 2.22. The van der Waals surface area contributed by atoms with Crippen LogP contribution in [-0.2, 0) is 4.74 Å². The van der Waals surface area contributed by atoms with Crippen LogP contribution in [0.2, 0.25) is 0 Å². The zero-order valence-corrected chi connectivity index (χ0v) is 10.8. The average Bonchev–Trinajstić information content (AvgIpc) is 2.25. The normalized spacial score (nSPS) is 16.2. The molecule has 1 aromatic rings. The quantitative estimate of drug-likeness (QED) is 0.925. The Kier molecular flexibility index (Phi) is 4.94. The molecule has 0 heterocycles. The third-order valence-corrected chi connectivity index (χ3v) is 2.79. The molecule has 0 bridgehead atoms. The molecule has 0 aliphatic heterocycles. The Morgan fingerprint density at radius 2 is 2.12 bits per heavy atom. The number of hydrogen-bond acceptors (Lipinski definition) is 3. The van der Waals surface area contributed by atoms with Gasteiger partial charge in [0, 0.05) is 4.47 Å². The van der Waals surface area contributed by atoms with Gasteiger partial charge in [0.15, 0.2) is 6.10 Å². The standard InChI is InChI=1S/C12H14BrNO2/c1-8(15)9(2)16-12(7-14)10-4-3-5-11(13)6-10/h3-6,8-9,12,15H,1-2H3. The summed E-state index contributed by atoms with van der Waals surface area (Å²) in [5.74, 6) is 0. The highest BCUT2D eigenvalue weighted by Gasteiger charge is 2.18. The van der Waals surface area contributed by atoms with Gasteiger partial charge in [-0.2, -0.15) is 5.26 Å². The van der Waals surface area contributed by atoms with Crippen LogP contribution in [-0.4, -0.2) is 17.3 Å². The average molecular weight is 284 g/mol. The van der Waals surface area contributed by atoms with Gasteiger partial charge in [-0.05, 0) is 31.5 Å². The van der Waals surface area contributed by atoms with Gasteiger partial charge in [-0.15, -0.1) is 0 Å². The van der Waals surface area contributed by atoms with Gasteiger partial charge in [-0.3, -0.25) is 0 Å². The zero-order valence-electron chi connectivity index (χ0n) is 9.22. The second-order valence-corrected chi connectivity index (χ2v) is 4.56. The number of nitriles is 1. The predicted molar refractivity (Wildman–Crippen MR) is 64.7 cm³/mol. The highest BCUT2D eigenvalue weighted by molar-refractivity contribution is 9.10. The molecule has 3 unspecified atom stereocenters. The first-order chi connectivity index (χ1) is 7.54. The lowest BCUT2D eigenvalue weighted by Crippen LogP contribution is -2.24. The summed E-state index contributed by atoms with van der Waals surface area (Å²) in [7, 11) is 0. The first-order valence-corrected chi connectivity index (χ1v) is 5.82. The van der Waals surface area contributed by atoms with E-state index >= 15 is 0 Å². The van der Waals surface area contributed by atoms with Crippen LogP contribution in [0.25, 0.3) is 0 Å². The Hall–Kier alpha value is -0.890. The molecule has 3 nitrogen and oxygen atoms in total. The molecule has 16 heavy (non-hydrogen) atoms. The lowest BCUT2D eigenvalue weighted by Gasteiger charge is -2.19. The first kappa shape index (κ1) is 13.2. The fourth-order valence-corrected chi connectivity index (χ4v) is 1.60. The van der Waals surface area contributed by atoms with Gasteiger partial charge in [0.25, 0.3) is 0 Å². The van der Waals surface area contributed by atoms with E-state index in [0.717, 1.165) is 10.0 Å². The molecular weight excluding hydrogens is 270 g/mol. The zero-order chi connectivity index (χ0) is 12.1. The van der Waals surface area contributed by atoms with Crippen molar-refractivity contribution in [3.05, 3.63) is 34.3 Å². The first-order valence-electron chi connectivity index (χ1n) is 5.03. The lowest BCUT2D eigenvalue weighted by atomic mass is 10.1. The van der Waals surface area contributed by atoms with Gasteiger partial charge in [-0.25, -0.2) is 0 Å². The van der Waals surface area contributed by atoms with Gasteiger partial charge < -0.3 is 9.84 Å². The van der Waals surface area contributed by atoms with Gasteiger partial charge in [0.1, 0.15) is 0 Å². The van der Waals surface area contributed by atoms with E-state index in [4.69, 9.17) is 10.00 Å². The van der Waals surface area contributed by atoms with Crippen LogP contribution in [0.5, 0.6) is 0 Å². The van der Waals surface area contributed by atoms with Gasteiger partial charge in [-0.1, -0.05) is 28.1 Å². The van der Waals surface area contributed by atoms with Crippen LogP contribution >= 0.6 is 15.9 Å². The van der Waals surface area contributed by atoms with Crippen LogP contribution in [0.3, 0.4) is 0 Å². The van der Waals surface area contributed by atoms with Crippen molar-refractivity contribution in [2.24, 2.45) is 0 Å². The van der Waals surface area contributed by atoms with Crippen LogP contribution in [0.4, 0.5) is 0 Å². The maximum atomic E-state index is 9.32. The predicted octanol–water partition coefficient (Wildman–Crippen LogP) is 2.80. The Morgan fingerprint density at radius 1 is 1.44 bits per heavy atom. The maximum Gasteiger partial charge on any atom is 0.169 e. The minimum Gasteiger partial charge on any atom is -0.391 e. The molecule has 0 fully saturated rings. The van der Waals surface area contributed by atoms with Crippen molar-refractivity contribution >= 4 is 15.9 Å². The summed E-state index contributed by atoms with van der Waals surface area (Å²) < 4.78 is 6.37. The molecule has 1 N–H and O–H groups in total. The SMILES string of the molecule is CC(O)C(C)OC(C#N)c1cccc(Br)c1. The monoisotopic (exact) mass is 283 g/mol. The molecule has 3 atom stereocenters. The molecule has 0 aliphatic rings. The second kappa shape index (κ2) is 6.00. The van der Waals surface area contributed by atoms with Crippen LogP contribution in [0.1, 0.15) is 25.5 Å². The summed E-state index contributed by atoms with van der Waals surface area (Å²) in [5, 5.41) is 18.4. The summed E-state index contributed by atoms with van der Waals surface area (Å²) in [6.07, 6.45) is -1.62. The molecule has 0 saturated carbocycles. The number of hydrogen-bond donors (Lipinski definition) is 1. The molecule has 0 saturated heterocycles. The van der Waals surface area contributed by atoms with E-state index < -0.39 is 12.2 Å². The van der Waals surface area contributed by atoms with E-state index in [2.05, 4.69) is 22.0 Å². The third kappa shape index (κ3) is 3.60. The largest absolute Gasteiger partial charge is 0.391 e. The number of nitrogens with zero attached hydrogens (tertiary/aromatic N) is 1. The van der Waals surface area contributed by atoms with Crippen molar-refractivity contribution < 1.29 is 9.84 Å². The summed E-state index contributed by atoms with van der Waals surface area (Å²) in [4.78, 5) is 0. The van der Waals surface area contributed by atoms with E-state index in [1.54, 1.807) is 13.8 Å². The van der Waals surface area contributed by atoms with Crippen LogP contribution < -0.4 is 0 Å². The van der Waals surface area contributed by atoms with E-state index in [1.807, 2.05) is 24.3 Å². The van der Waals surface area contributed by atoms with E-state index in [0.29, 0.717) is 0 Å². The van der Waals surface area contributed by atoms with Crippen molar-refractivity contribution in [2.75, 3.05) is 0 Å². The van der Waals surface area contributed by atoms with Gasteiger partial charge >= 0.3 is 0 Å². The summed E-state index contributed by atoms with van der Waals surface area (Å²) in [6.45, 7) is 3.38. The number of halogens is 1. The van der Waals surface area contributed by atoms with Crippen LogP contribution in [0.15, 0.2) is 28.7 Å². The van der Waals surface area contributed by atoms with E-state index in [9.17, 15) is 5.11 Å². The Balaban J connectivity index is 2.80. The summed E-state index contributed by atoms with van der Waals surface area (Å²) >= 11 is 3.34. The van der Waals surface area contributed by atoms with Crippen molar-refractivity contribution in [1.82, 2.24) is 0 Å². The molecule has 1 rings (SSSR count). The van der Waals surface area contributed by atoms with Gasteiger partial charge in [0.2, 0.25) is 0 Å². The van der Waals surface area contributed by atoms with E-state index in [-0.39, 0.29) is 6.10 Å². The topological polar surface area (TPSA) is 53.2 Å². The summed E-state index contributed by atoms with van der Waals surface area (Å²) in [6, 6.07) is 9.47. The number of aliphatic hydroxyl groups is 1. The Labute approximate surface area is 104 Å². The molecule has 0 aromatic heterocycles. The van der Waals surface area contributed by atoms with Crippen molar-refractivity contribution in [3.63, 3.8) is 0 Å². The Bertz CT molecular complexity index is 387. The Morgan fingerprint density at radius 3 is 2.62 bits per heavy atom. The van der Waals surface area contributed by atoms with Crippen molar-refractivity contribution in [3.8, 4) is 6.07 Å². The molecular formula is C12H14BrNO2. The molecule has 0 spiro atoms. The van der Waals surface area contributed by atoms with Crippen LogP contribution in [0, 0.1) is 11.3 Å². The molecule has 86 valence electrons. The van der Waals surface area contributed by atoms with Crippen molar-refractivity contribution in [1.29, 1.82) is 5.26 Å². The smallest absolute Gasteiger partial charge is 0.169 e. The molecule has 0 aliphatic carbocycles. The summed E-state index contributed by atoms with van der Waals surface area (Å²) in [5.41, 5.74) is 0.782. The molecule has 1 aromatic carbocycles. The second-order valence-electron chi connectivity index (χ2n) is 3.65. The maximum absolute atomic E-state index is 9.32. The fraction of sp³-hybridized carbons (Fsp3) is 0.417. The number of aliphatic hydroxyl groups excluding tert-OH is 1. The fourth-order valence-electron chi connectivity index (χ4n) is 1.18. The third-order valence-electron chi connectivity index (χ3n) is 2.30.